The Labute approximate surface area is 256 Å². The molecular weight excluding hydrogens is 560 g/mol. The number of carbonyl (C=O) groups is 1. The molecule has 7 rings (SSSR count). The number of amides is 1. The molecule has 2 aromatic carbocycles. The molecule has 7 nitrogen and oxygen atoms in total. The molecule has 9 heteroatoms. The molecule has 44 heavy (non-hydrogen) atoms. The van der Waals surface area contributed by atoms with Crippen LogP contribution in [0.1, 0.15) is 81.5 Å². The average molecular weight is 600 g/mol. The number of piperidine rings is 2. The Balaban J connectivity index is 1.09. The SMILES string of the molecule is CC1CC[C@H](c2cnc3ccc([C@]4(O)CCN(Cc5ccc(-c6nn(C7CC7)cc6F)cc5)CC4(C)C)c(F)c3c2)C(=O)N1. The number of carbonyl (C=O) groups excluding carboxylic acids is 1. The summed E-state index contributed by atoms with van der Waals surface area (Å²) in [6.45, 7) is 7.74. The van der Waals surface area contributed by atoms with Gasteiger partial charge in [-0.05, 0) is 62.3 Å². The number of aromatic nitrogens is 3. The molecule has 1 saturated carbocycles. The van der Waals surface area contributed by atoms with Crippen LogP contribution in [-0.4, -0.2) is 49.8 Å². The molecule has 1 aliphatic carbocycles. The van der Waals surface area contributed by atoms with E-state index in [-0.39, 0.29) is 29.2 Å². The molecule has 0 spiro atoms. The van der Waals surface area contributed by atoms with Gasteiger partial charge < -0.3 is 10.4 Å². The summed E-state index contributed by atoms with van der Waals surface area (Å²) in [5.41, 5.74) is 1.62. The molecular formula is C35H39F2N5O2. The van der Waals surface area contributed by atoms with Crippen molar-refractivity contribution in [2.24, 2.45) is 5.41 Å². The molecule has 0 bridgehead atoms. The standard InChI is InChI=1S/C35H39F2N5O2/c1-21-4-11-26(33(43)39-21)24-16-27-30(38-17-24)13-12-28(31(27)37)35(44)14-15-41(20-34(35,2)3)18-22-5-7-23(8-6-22)32-29(36)19-42(40-32)25-9-10-25/h5-8,12-13,16-17,19,21,25-26,44H,4,9-11,14-15,18,20H2,1-3H3,(H,39,43)/t21?,26-,35-/m1/s1. The number of nitrogens with zero attached hydrogens (tertiary/aromatic N) is 4. The zero-order valence-corrected chi connectivity index (χ0v) is 25.5. The lowest BCUT2D eigenvalue weighted by atomic mass is 9.66. The predicted molar refractivity (Wildman–Crippen MR) is 165 cm³/mol. The van der Waals surface area contributed by atoms with Gasteiger partial charge in [-0.3, -0.25) is 19.4 Å². The van der Waals surface area contributed by atoms with Crippen LogP contribution in [0.3, 0.4) is 0 Å². The number of likely N-dealkylation sites (tertiary alicyclic amines) is 1. The lowest BCUT2D eigenvalue weighted by molar-refractivity contribution is -0.128. The second-order valence-corrected chi connectivity index (χ2v) is 13.7. The highest BCUT2D eigenvalue weighted by molar-refractivity contribution is 5.87. The summed E-state index contributed by atoms with van der Waals surface area (Å²) in [7, 11) is 0. The third kappa shape index (κ3) is 5.09. The number of halogens is 2. The van der Waals surface area contributed by atoms with Crippen molar-refractivity contribution in [2.45, 2.75) is 83.0 Å². The van der Waals surface area contributed by atoms with Crippen LogP contribution in [0.2, 0.25) is 0 Å². The molecule has 3 aliphatic rings. The Hall–Kier alpha value is -3.69. The highest BCUT2D eigenvalue weighted by atomic mass is 19.1. The fourth-order valence-corrected chi connectivity index (χ4v) is 7.15. The summed E-state index contributed by atoms with van der Waals surface area (Å²) >= 11 is 0. The number of aliphatic hydroxyl groups is 1. The number of hydrogen-bond donors (Lipinski definition) is 2. The molecule has 3 atom stereocenters. The monoisotopic (exact) mass is 599 g/mol. The number of fused-ring (bicyclic) bond motifs is 1. The van der Waals surface area contributed by atoms with Crippen LogP contribution in [0.25, 0.3) is 22.2 Å². The van der Waals surface area contributed by atoms with E-state index in [0.29, 0.717) is 60.7 Å². The van der Waals surface area contributed by atoms with Crippen molar-refractivity contribution < 1.29 is 18.7 Å². The van der Waals surface area contributed by atoms with Crippen LogP contribution < -0.4 is 5.32 Å². The smallest absolute Gasteiger partial charge is 0.227 e. The van der Waals surface area contributed by atoms with Gasteiger partial charge in [0.15, 0.2) is 5.82 Å². The molecule has 0 radical (unpaired) electrons. The topological polar surface area (TPSA) is 83.3 Å². The van der Waals surface area contributed by atoms with E-state index in [2.05, 4.69) is 20.3 Å². The van der Waals surface area contributed by atoms with Crippen LogP contribution in [0.5, 0.6) is 0 Å². The number of nitrogens with one attached hydrogen (secondary N) is 1. The summed E-state index contributed by atoms with van der Waals surface area (Å²) in [6.07, 6.45) is 7.16. The molecule has 2 aliphatic heterocycles. The maximum atomic E-state index is 16.3. The first-order valence-corrected chi connectivity index (χ1v) is 15.7. The highest BCUT2D eigenvalue weighted by Crippen LogP contribution is 2.48. The van der Waals surface area contributed by atoms with Gasteiger partial charge in [-0.15, -0.1) is 0 Å². The minimum Gasteiger partial charge on any atom is -0.384 e. The highest BCUT2D eigenvalue weighted by Gasteiger charge is 2.50. The Morgan fingerprint density at radius 1 is 1.07 bits per heavy atom. The normalized spacial score (nSPS) is 25.7. The zero-order chi connectivity index (χ0) is 30.8. The minimum absolute atomic E-state index is 0.0558. The first-order valence-electron chi connectivity index (χ1n) is 15.7. The maximum Gasteiger partial charge on any atom is 0.227 e. The Morgan fingerprint density at radius 2 is 1.84 bits per heavy atom. The van der Waals surface area contributed by atoms with Crippen LogP contribution in [0, 0.1) is 17.0 Å². The van der Waals surface area contributed by atoms with Crippen molar-refractivity contribution >= 4 is 16.8 Å². The zero-order valence-electron chi connectivity index (χ0n) is 25.5. The molecule has 4 aromatic rings. The van der Waals surface area contributed by atoms with E-state index in [9.17, 15) is 14.3 Å². The Bertz CT molecular complexity index is 1730. The van der Waals surface area contributed by atoms with Crippen molar-refractivity contribution in [1.82, 2.24) is 25.0 Å². The van der Waals surface area contributed by atoms with E-state index in [1.165, 1.54) is 6.20 Å². The molecule has 1 unspecified atom stereocenters. The van der Waals surface area contributed by atoms with Crippen molar-refractivity contribution in [3.8, 4) is 11.3 Å². The second-order valence-electron chi connectivity index (χ2n) is 13.7. The number of pyridine rings is 1. The average Bonchev–Trinajstić information content (AvgIpc) is 3.77. The van der Waals surface area contributed by atoms with E-state index in [1.54, 1.807) is 29.1 Å². The van der Waals surface area contributed by atoms with Gasteiger partial charge in [0.2, 0.25) is 5.91 Å². The molecule has 230 valence electrons. The predicted octanol–water partition coefficient (Wildman–Crippen LogP) is 6.21. The summed E-state index contributed by atoms with van der Waals surface area (Å²) in [6, 6.07) is 13.4. The van der Waals surface area contributed by atoms with E-state index in [4.69, 9.17) is 0 Å². The number of rotatable bonds is 6. The van der Waals surface area contributed by atoms with Crippen LogP contribution in [-0.2, 0) is 16.9 Å². The van der Waals surface area contributed by atoms with E-state index in [0.717, 1.165) is 30.4 Å². The van der Waals surface area contributed by atoms with Gasteiger partial charge in [-0.2, -0.15) is 5.10 Å². The summed E-state index contributed by atoms with van der Waals surface area (Å²) in [5, 5.41) is 19.9. The Kier molecular flexibility index (Phi) is 7.09. The quantitative estimate of drug-likeness (QED) is 0.275. The summed E-state index contributed by atoms with van der Waals surface area (Å²) in [5.74, 6) is -1.19. The van der Waals surface area contributed by atoms with Crippen LogP contribution in [0.15, 0.2) is 54.9 Å². The van der Waals surface area contributed by atoms with E-state index >= 15 is 4.39 Å². The Morgan fingerprint density at radius 3 is 2.55 bits per heavy atom. The van der Waals surface area contributed by atoms with Gasteiger partial charge in [-0.25, -0.2) is 8.78 Å². The maximum absolute atomic E-state index is 16.3. The fourth-order valence-electron chi connectivity index (χ4n) is 7.15. The first-order chi connectivity index (χ1) is 21.0. The minimum atomic E-state index is -1.39. The lowest BCUT2D eigenvalue weighted by Gasteiger charge is -2.50. The molecule has 3 fully saturated rings. The van der Waals surface area contributed by atoms with Crippen molar-refractivity contribution in [3.05, 3.63) is 83.2 Å². The first kappa shape index (κ1) is 29.0. The van der Waals surface area contributed by atoms with Gasteiger partial charge in [0.25, 0.3) is 0 Å². The van der Waals surface area contributed by atoms with Gasteiger partial charge in [-0.1, -0.05) is 44.2 Å². The largest absolute Gasteiger partial charge is 0.384 e. The summed E-state index contributed by atoms with van der Waals surface area (Å²) < 4.78 is 32.6. The van der Waals surface area contributed by atoms with Gasteiger partial charge >= 0.3 is 0 Å². The summed E-state index contributed by atoms with van der Waals surface area (Å²) in [4.78, 5) is 19.4. The van der Waals surface area contributed by atoms with Crippen molar-refractivity contribution in [1.29, 1.82) is 0 Å². The molecule has 2 saturated heterocycles. The third-order valence-electron chi connectivity index (χ3n) is 10.0. The third-order valence-corrected chi connectivity index (χ3v) is 10.0. The van der Waals surface area contributed by atoms with Crippen molar-refractivity contribution in [3.63, 3.8) is 0 Å². The lowest BCUT2D eigenvalue weighted by Crippen LogP contribution is -2.55. The van der Waals surface area contributed by atoms with Crippen molar-refractivity contribution in [2.75, 3.05) is 13.1 Å². The second kappa shape index (κ2) is 10.7. The van der Waals surface area contributed by atoms with Crippen LogP contribution in [0.4, 0.5) is 8.78 Å². The fraction of sp³-hybridized carbons (Fsp3) is 0.457. The molecule has 2 N–H and O–H groups in total. The molecule has 1 amide bonds. The van der Waals surface area contributed by atoms with E-state index in [1.807, 2.05) is 45.0 Å². The van der Waals surface area contributed by atoms with Gasteiger partial charge in [0.1, 0.15) is 11.5 Å². The number of hydrogen-bond acceptors (Lipinski definition) is 5. The molecule has 2 aromatic heterocycles. The van der Waals surface area contributed by atoms with E-state index < -0.39 is 16.8 Å². The molecule has 4 heterocycles. The van der Waals surface area contributed by atoms with Crippen LogP contribution >= 0.6 is 0 Å². The van der Waals surface area contributed by atoms with Gasteiger partial charge in [0, 0.05) is 53.8 Å². The number of benzene rings is 2. The van der Waals surface area contributed by atoms with Gasteiger partial charge in [0.05, 0.1) is 29.3 Å².